The van der Waals surface area contributed by atoms with E-state index < -0.39 is 0 Å². The Kier molecular flexibility index (Phi) is 2.73. The molecule has 76 valence electrons. The normalized spacial score (nSPS) is 18.1. The van der Waals surface area contributed by atoms with E-state index >= 15 is 0 Å². The number of hydrogen-bond acceptors (Lipinski definition) is 2. The molecule has 1 fully saturated rings. The summed E-state index contributed by atoms with van der Waals surface area (Å²) in [5.74, 6) is 0.818. The predicted molar refractivity (Wildman–Crippen MR) is 57.9 cm³/mol. The second kappa shape index (κ2) is 4.01. The summed E-state index contributed by atoms with van der Waals surface area (Å²) in [5.41, 5.74) is 7.69. The van der Waals surface area contributed by atoms with Gasteiger partial charge in [-0.05, 0) is 43.4 Å². The van der Waals surface area contributed by atoms with Gasteiger partial charge in [0.15, 0.2) is 0 Å². The standard InChI is InChI=1S/C12H17NO/c1-9(14-8-10-5-6-10)11-3-2-4-12(13)7-11/h2-4,7,9-10H,5-6,8,13H2,1H3. The van der Waals surface area contributed by atoms with E-state index in [0.29, 0.717) is 0 Å². The van der Waals surface area contributed by atoms with Crippen LogP contribution in [0.15, 0.2) is 24.3 Å². The minimum atomic E-state index is 0.166. The Morgan fingerprint density at radius 1 is 1.50 bits per heavy atom. The smallest absolute Gasteiger partial charge is 0.0797 e. The molecule has 1 saturated carbocycles. The van der Waals surface area contributed by atoms with Crippen molar-refractivity contribution in [2.24, 2.45) is 5.92 Å². The van der Waals surface area contributed by atoms with Crippen LogP contribution in [-0.2, 0) is 4.74 Å². The van der Waals surface area contributed by atoms with Gasteiger partial charge in [0.1, 0.15) is 0 Å². The molecule has 2 heteroatoms. The zero-order chi connectivity index (χ0) is 9.97. The molecule has 1 unspecified atom stereocenters. The van der Waals surface area contributed by atoms with E-state index in [0.717, 1.165) is 18.2 Å². The molecule has 0 saturated heterocycles. The van der Waals surface area contributed by atoms with E-state index in [2.05, 4.69) is 13.0 Å². The third-order valence-electron chi connectivity index (χ3n) is 2.66. The number of rotatable bonds is 4. The molecule has 1 aliphatic rings. The molecule has 0 spiro atoms. The lowest BCUT2D eigenvalue weighted by Crippen LogP contribution is -2.03. The first-order chi connectivity index (χ1) is 6.75. The fourth-order valence-corrected chi connectivity index (χ4v) is 1.47. The van der Waals surface area contributed by atoms with Crippen molar-refractivity contribution in [3.8, 4) is 0 Å². The summed E-state index contributed by atoms with van der Waals surface area (Å²) in [6, 6.07) is 7.92. The number of anilines is 1. The van der Waals surface area contributed by atoms with Gasteiger partial charge in [-0.3, -0.25) is 0 Å². The summed E-state index contributed by atoms with van der Waals surface area (Å²) in [4.78, 5) is 0. The van der Waals surface area contributed by atoms with Crippen LogP contribution in [0.5, 0.6) is 0 Å². The summed E-state index contributed by atoms with van der Waals surface area (Å²) in [5, 5.41) is 0. The van der Waals surface area contributed by atoms with E-state index in [1.54, 1.807) is 0 Å². The van der Waals surface area contributed by atoms with Gasteiger partial charge >= 0.3 is 0 Å². The van der Waals surface area contributed by atoms with Gasteiger partial charge in [0, 0.05) is 5.69 Å². The van der Waals surface area contributed by atoms with Crippen LogP contribution in [0, 0.1) is 5.92 Å². The zero-order valence-corrected chi connectivity index (χ0v) is 8.57. The average molecular weight is 191 g/mol. The van der Waals surface area contributed by atoms with E-state index in [9.17, 15) is 0 Å². The highest BCUT2D eigenvalue weighted by Gasteiger charge is 2.22. The maximum absolute atomic E-state index is 5.75. The van der Waals surface area contributed by atoms with Crippen LogP contribution in [0.3, 0.4) is 0 Å². The van der Waals surface area contributed by atoms with Crippen molar-refractivity contribution >= 4 is 5.69 Å². The van der Waals surface area contributed by atoms with Crippen LogP contribution in [0.2, 0.25) is 0 Å². The lowest BCUT2D eigenvalue weighted by molar-refractivity contribution is 0.0579. The second-order valence-corrected chi connectivity index (χ2v) is 4.09. The zero-order valence-electron chi connectivity index (χ0n) is 8.57. The number of nitrogens with two attached hydrogens (primary N) is 1. The minimum absolute atomic E-state index is 0.166. The first kappa shape index (κ1) is 9.53. The number of hydrogen-bond donors (Lipinski definition) is 1. The molecule has 1 atom stereocenters. The Morgan fingerprint density at radius 2 is 2.29 bits per heavy atom. The number of benzene rings is 1. The van der Waals surface area contributed by atoms with Crippen LogP contribution in [-0.4, -0.2) is 6.61 Å². The van der Waals surface area contributed by atoms with E-state index in [1.165, 1.54) is 18.4 Å². The predicted octanol–water partition coefficient (Wildman–Crippen LogP) is 2.76. The first-order valence-corrected chi connectivity index (χ1v) is 5.23. The summed E-state index contributed by atoms with van der Waals surface area (Å²) < 4.78 is 5.75. The molecule has 14 heavy (non-hydrogen) atoms. The third kappa shape index (κ3) is 2.48. The SMILES string of the molecule is CC(OCC1CC1)c1cccc(N)c1. The van der Waals surface area contributed by atoms with Gasteiger partial charge in [0.2, 0.25) is 0 Å². The highest BCUT2D eigenvalue weighted by Crippen LogP contribution is 2.31. The molecule has 1 aromatic carbocycles. The third-order valence-corrected chi connectivity index (χ3v) is 2.66. The van der Waals surface area contributed by atoms with Gasteiger partial charge < -0.3 is 10.5 Å². The molecule has 0 amide bonds. The summed E-state index contributed by atoms with van der Waals surface area (Å²) >= 11 is 0. The maximum Gasteiger partial charge on any atom is 0.0797 e. The molecule has 0 aliphatic heterocycles. The van der Waals surface area contributed by atoms with E-state index in [1.807, 2.05) is 18.2 Å². The lowest BCUT2D eigenvalue weighted by atomic mass is 10.1. The molecule has 0 aromatic heterocycles. The maximum atomic E-state index is 5.75. The molecular weight excluding hydrogens is 174 g/mol. The fraction of sp³-hybridized carbons (Fsp3) is 0.500. The Balaban J connectivity index is 1.91. The first-order valence-electron chi connectivity index (χ1n) is 5.23. The summed E-state index contributed by atoms with van der Waals surface area (Å²) in [6.07, 6.45) is 2.84. The summed E-state index contributed by atoms with van der Waals surface area (Å²) in [7, 11) is 0. The summed E-state index contributed by atoms with van der Waals surface area (Å²) in [6.45, 7) is 2.98. The van der Waals surface area contributed by atoms with Crippen LogP contribution < -0.4 is 5.73 Å². The highest BCUT2D eigenvalue weighted by atomic mass is 16.5. The molecule has 0 bridgehead atoms. The van der Waals surface area contributed by atoms with Gasteiger partial charge in [-0.1, -0.05) is 12.1 Å². The topological polar surface area (TPSA) is 35.2 Å². The molecule has 0 heterocycles. The monoisotopic (exact) mass is 191 g/mol. The van der Waals surface area contributed by atoms with E-state index in [-0.39, 0.29) is 6.10 Å². The Hall–Kier alpha value is -1.02. The minimum Gasteiger partial charge on any atom is -0.399 e. The van der Waals surface area contributed by atoms with Crippen LogP contribution in [0.25, 0.3) is 0 Å². The highest BCUT2D eigenvalue weighted by molar-refractivity contribution is 5.41. The van der Waals surface area contributed by atoms with E-state index in [4.69, 9.17) is 10.5 Å². The van der Waals surface area contributed by atoms with Crippen molar-refractivity contribution in [1.82, 2.24) is 0 Å². The molecule has 2 nitrogen and oxygen atoms in total. The molecule has 1 aromatic rings. The average Bonchev–Trinajstić information content (AvgIpc) is 2.97. The van der Waals surface area contributed by atoms with Gasteiger partial charge in [-0.2, -0.15) is 0 Å². The van der Waals surface area contributed by atoms with Gasteiger partial charge in [0.05, 0.1) is 12.7 Å². The van der Waals surface area contributed by atoms with Crippen LogP contribution in [0.1, 0.15) is 31.4 Å². The quantitative estimate of drug-likeness (QED) is 0.743. The largest absolute Gasteiger partial charge is 0.399 e. The number of ether oxygens (including phenoxy) is 1. The van der Waals surface area contributed by atoms with Crippen molar-refractivity contribution in [2.45, 2.75) is 25.9 Å². The van der Waals surface area contributed by atoms with Gasteiger partial charge in [0.25, 0.3) is 0 Å². The van der Waals surface area contributed by atoms with Crippen LogP contribution >= 0.6 is 0 Å². The molecule has 0 radical (unpaired) electrons. The Bertz CT molecular complexity index is 307. The fourth-order valence-electron chi connectivity index (χ4n) is 1.47. The van der Waals surface area contributed by atoms with Crippen molar-refractivity contribution in [3.05, 3.63) is 29.8 Å². The Morgan fingerprint density at radius 3 is 2.93 bits per heavy atom. The lowest BCUT2D eigenvalue weighted by Gasteiger charge is -2.13. The second-order valence-electron chi connectivity index (χ2n) is 4.09. The Labute approximate surface area is 85.1 Å². The van der Waals surface area contributed by atoms with Crippen molar-refractivity contribution in [3.63, 3.8) is 0 Å². The molecule has 2 rings (SSSR count). The molecule has 1 aliphatic carbocycles. The molecular formula is C12H17NO. The van der Waals surface area contributed by atoms with Crippen LogP contribution in [0.4, 0.5) is 5.69 Å². The number of nitrogen functional groups attached to an aromatic ring is 1. The van der Waals surface area contributed by atoms with Crippen molar-refractivity contribution in [1.29, 1.82) is 0 Å². The van der Waals surface area contributed by atoms with Gasteiger partial charge in [-0.15, -0.1) is 0 Å². The van der Waals surface area contributed by atoms with Crippen molar-refractivity contribution < 1.29 is 4.74 Å². The van der Waals surface area contributed by atoms with Crippen molar-refractivity contribution in [2.75, 3.05) is 12.3 Å². The van der Waals surface area contributed by atoms with Gasteiger partial charge in [-0.25, -0.2) is 0 Å². The molecule has 2 N–H and O–H groups in total.